The number of carbonyl (C=O) groups is 1. The first kappa shape index (κ1) is 10.8. The largest absolute Gasteiger partial charge is 0.482 e. The van der Waals surface area contributed by atoms with Crippen molar-refractivity contribution in [2.75, 3.05) is 6.61 Å². The van der Waals surface area contributed by atoms with Crippen molar-refractivity contribution >= 4 is 17.6 Å². The highest BCUT2D eigenvalue weighted by Crippen LogP contribution is 2.22. The van der Waals surface area contributed by atoms with Crippen molar-refractivity contribution in [2.45, 2.75) is 6.54 Å². The summed E-state index contributed by atoms with van der Waals surface area (Å²) in [5.74, 6) is -0.615. The quantitative estimate of drug-likeness (QED) is 0.793. The zero-order chi connectivity index (χ0) is 10.6. The number of hydrogen-bond donors (Lipinski definition) is 2. The lowest BCUT2D eigenvalue weighted by atomic mass is 10.2. The minimum atomic E-state index is -1.03. The molecule has 0 bridgehead atoms. The highest BCUT2D eigenvalue weighted by molar-refractivity contribution is 6.30. The Morgan fingerprint density at radius 1 is 1.57 bits per heavy atom. The number of halogens is 1. The van der Waals surface area contributed by atoms with Gasteiger partial charge in [-0.2, -0.15) is 0 Å². The van der Waals surface area contributed by atoms with Gasteiger partial charge in [0.15, 0.2) is 6.61 Å². The van der Waals surface area contributed by atoms with E-state index in [1.54, 1.807) is 18.2 Å². The molecule has 1 rings (SSSR count). The third kappa shape index (κ3) is 2.90. The van der Waals surface area contributed by atoms with Crippen molar-refractivity contribution in [3.8, 4) is 5.75 Å². The van der Waals surface area contributed by atoms with Gasteiger partial charge in [0.1, 0.15) is 5.75 Å². The van der Waals surface area contributed by atoms with E-state index in [1.165, 1.54) is 0 Å². The number of nitrogens with two attached hydrogens (primary N) is 1. The van der Waals surface area contributed by atoms with Gasteiger partial charge in [0.25, 0.3) is 0 Å². The molecule has 76 valence electrons. The normalized spacial score (nSPS) is 9.86. The summed E-state index contributed by atoms with van der Waals surface area (Å²) in [6.45, 7) is -0.112. The van der Waals surface area contributed by atoms with E-state index in [0.29, 0.717) is 10.8 Å². The third-order valence-electron chi connectivity index (χ3n) is 1.60. The molecule has 1 aromatic rings. The summed E-state index contributed by atoms with van der Waals surface area (Å²) in [6.07, 6.45) is 0. The van der Waals surface area contributed by atoms with E-state index in [4.69, 9.17) is 27.2 Å². The van der Waals surface area contributed by atoms with E-state index < -0.39 is 12.6 Å². The Morgan fingerprint density at radius 3 is 2.86 bits per heavy atom. The topological polar surface area (TPSA) is 72.5 Å². The van der Waals surface area contributed by atoms with Gasteiger partial charge < -0.3 is 15.6 Å². The summed E-state index contributed by atoms with van der Waals surface area (Å²) in [4.78, 5) is 10.3. The Kier molecular flexibility index (Phi) is 3.73. The van der Waals surface area contributed by atoms with Gasteiger partial charge >= 0.3 is 5.97 Å². The highest BCUT2D eigenvalue weighted by atomic mass is 35.5. The second kappa shape index (κ2) is 4.83. The maximum atomic E-state index is 10.3. The van der Waals surface area contributed by atoms with Crippen LogP contribution in [0.1, 0.15) is 5.56 Å². The van der Waals surface area contributed by atoms with E-state index in [2.05, 4.69) is 0 Å². The molecule has 0 saturated heterocycles. The Labute approximate surface area is 86.2 Å². The molecule has 0 atom stereocenters. The van der Waals surface area contributed by atoms with E-state index >= 15 is 0 Å². The molecule has 0 aliphatic carbocycles. The molecule has 0 radical (unpaired) electrons. The Balaban J connectivity index is 2.82. The lowest BCUT2D eigenvalue weighted by Gasteiger charge is -2.08. The van der Waals surface area contributed by atoms with Gasteiger partial charge in [0.2, 0.25) is 0 Å². The van der Waals surface area contributed by atoms with Crippen LogP contribution in [0.2, 0.25) is 5.02 Å². The fourth-order valence-corrected chi connectivity index (χ4v) is 1.13. The van der Waals surface area contributed by atoms with Gasteiger partial charge in [-0.25, -0.2) is 4.79 Å². The molecule has 0 amide bonds. The number of aliphatic carboxylic acids is 1. The van der Waals surface area contributed by atoms with Gasteiger partial charge in [-0.3, -0.25) is 0 Å². The summed E-state index contributed by atoms with van der Waals surface area (Å²) < 4.78 is 5.01. The maximum absolute atomic E-state index is 10.3. The van der Waals surface area contributed by atoms with Crippen molar-refractivity contribution in [2.24, 2.45) is 5.73 Å². The van der Waals surface area contributed by atoms with Crippen LogP contribution in [0.3, 0.4) is 0 Å². The number of hydrogen-bond acceptors (Lipinski definition) is 3. The van der Waals surface area contributed by atoms with Crippen LogP contribution in [0.4, 0.5) is 0 Å². The molecular weight excluding hydrogens is 206 g/mol. The van der Waals surface area contributed by atoms with Crippen LogP contribution in [0, 0.1) is 0 Å². The predicted molar refractivity (Wildman–Crippen MR) is 52.5 cm³/mol. The average Bonchev–Trinajstić information content (AvgIpc) is 2.15. The van der Waals surface area contributed by atoms with Crippen molar-refractivity contribution in [1.29, 1.82) is 0 Å². The predicted octanol–water partition coefficient (Wildman–Crippen LogP) is 1.26. The zero-order valence-electron chi connectivity index (χ0n) is 7.37. The fourth-order valence-electron chi connectivity index (χ4n) is 0.971. The highest BCUT2D eigenvalue weighted by Gasteiger charge is 2.05. The molecule has 0 fully saturated rings. The molecule has 3 N–H and O–H groups in total. The second-order valence-electron chi connectivity index (χ2n) is 2.64. The summed E-state index contributed by atoms with van der Waals surface area (Å²) in [5, 5.41) is 8.91. The standard InChI is InChI=1S/C9H10ClNO3/c10-7-2-1-6(4-11)8(3-7)14-5-9(12)13/h1-3H,4-5,11H2,(H,12,13). The van der Waals surface area contributed by atoms with Crippen LogP contribution in [-0.2, 0) is 11.3 Å². The number of carboxylic acids is 1. The third-order valence-corrected chi connectivity index (χ3v) is 1.84. The maximum Gasteiger partial charge on any atom is 0.341 e. The van der Waals surface area contributed by atoms with Gasteiger partial charge in [0, 0.05) is 17.1 Å². The summed E-state index contributed by atoms with van der Waals surface area (Å²) in [6, 6.07) is 4.93. The van der Waals surface area contributed by atoms with Crippen LogP contribution in [-0.4, -0.2) is 17.7 Å². The number of benzene rings is 1. The van der Waals surface area contributed by atoms with Crippen LogP contribution in [0.5, 0.6) is 5.75 Å². The number of ether oxygens (including phenoxy) is 1. The number of rotatable bonds is 4. The zero-order valence-corrected chi connectivity index (χ0v) is 8.12. The lowest BCUT2D eigenvalue weighted by Crippen LogP contribution is -2.11. The Bertz CT molecular complexity index is 341. The molecule has 0 spiro atoms. The van der Waals surface area contributed by atoms with Crippen LogP contribution < -0.4 is 10.5 Å². The molecule has 0 saturated carbocycles. The summed E-state index contributed by atoms with van der Waals surface area (Å²) in [5.41, 5.74) is 6.17. The van der Waals surface area contributed by atoms with Crippen molar-refractivity contribution in [3.63, 3.8) is 0 Å². The lowest BCUT2D eigenvalue weighted by molar-refractivity contribution is -0.139. The molecule has 0 aromatic heterocycles. The van der Waals surface area contributed by atoms with Gasteiger partial charge in [-0.1, -0.05) is 17.7 Å². The number of carboxylic acid groups (broad SMARTS) is 1. The molecule has 4 nitrogen and oxygen atoms in total. The van der Waals surface area contributed by atoms with Gasteiger partial charge in [-0.15, -0.1) is 0 Å². The van der Waals surface area contributed by atoms with Crippen molar-refractivity contribution in [3.05, 3.63) is 28.8 Å². The molecule has 0 aliphatic rings. The molecule has 0 unspecified atom stereocenters. The minimum Gasteiger partial charge on any atom is -0.482 e. The monoisotopic (exact) mass is 215 g/mol. The molecule has 1 aromatic carbocycles. The first-order valence-electron chi connectivity index (χ1n) is 3.96. The van der Waals surface area contributed by atoms with Crippen molar-refractivity contribution < 1.29 is 14.6 Å². The van der Waals surface area contributed by atoms with Crippen LogP contribution in [0.15, 0.2) is 18.2 Å². The molecular formula is C9H10ClNO3. The van der Waals surface area contributed by atoms with E-state index in [1.807, 2.05) is 0 Å². The van der Waals surface area contributed by atoms with Gasteiger partial charge in [0.05, 0.1) is 0 Å². The summed E-state index contributed by atoms with van der Waals surface area (Å²) >= 11 is 5.72. The molecule has 14 heavy (non-hydrogen) atoms. The molecule has 0 heterocycles. The summed E-state index contributed by atoms with van der Waals surface area (Å²) in [7, 11) is 0. The first-order valence-corrected chi connectivity index (χ1v) is 4.34. The smallest absolute Gasteiger partial charge is 0.341 e. The molecule has 0 aliphatic heterocycles. The second-order valence-corrected chi connectivity index (χ2v) is 3.08. The van der Waals surface area contributed by atoms with Crippen LogP contribution >= 0.6 is 11.6 Å². The van der Waals surface area contributed by atoms with Crippen LogP contribution in [0.25, 0.3) is 0 Å². The minimum absolute atomic E-state index is 0.284. The van der Waals surface area contributed by atoms with E-state index in [0.717, 1.165) is 5.56 Å². The average molecular weight is 216 g/mol. The SMILES string of the molecule is NCc1ccc(Cl)cc1OCC(=O)O. The fraction of sp³-hybridized carbons (Fsp3) is 0.222. The van der Waals surface area contributed by atoms with Crippen molar-refractivity contribution in [1.82, 2.24) is 0 Å². The van der Waals surface area contributed by atoms with Gasteiger partial charge in [-0.05, 0) is 12.1 Å². The van der Waals surface area contributed by atoms with E-state index in [-0.39, 0.29) is 6.54 Å². The Morgan fingerprint density at radius 2 is 2.29 bits per heavy atom. The molecule has 5 heteroatoms. The first-order chi connectivity index (χ1) is 6.63. The Hall–Kier alpha value is -1.26. The van der Waals surface area contributed by atoms with E-state index in [9.17, 15) is 4.79 Å².